The van der Waals surface area contributed by atoms with Crippen molar-refractivity contribution < 1.29 is 0 Å². The molecule has 3 nitrogen and oxygen atoms in total. The largest absolute Gasteiger partial charge is 0.303 e. The summed E-state index contributed by atoms with van der Waals surface area (Å²) in [6.45, 7) is 3.90. The summed E-state index contributed by atoms with van der Waals surface area (Å²) in [5.41, 5.74) is 2.65. The molecule has 0 aliphatic heterocycles. The standard InChI is InChI=1S/C12H11N3/c1-9-3-4-12(11(7-9)8-13)15-6-5-14-10(15)2/h3-7H,1-2H3. The highest BCUT2D eigenvalue weighted by molar-refractivity contribution is 5.51. The molecule has 0 bridgehead atoms. The van der Waals surface area contributed by atoms with E-state index in [9.17, 15) is 0 Å². The third-order valence-electron chi connectivity index (χ3n) is 2.36. The minimum Gasteiger partial charge on any atom is -0.303 e. The molecule has 0 aliphatic carbocycles. The first-order valence-electron chi connectivity index (χ1n) is 4.73. The van der Waals surface area contributed by atoms with Gasteiger partial charge in [-0.2, -0.15) is 5.26 Å². The first kappa shape index (κ1) is 9.47. The second kappa shape index (κ2) is 3.58. The van der Waals surface area contributed by atoms with E-state index in [0.29, 0.717) is 5.56 Å². The fourth-order valence-electron chi connectivity index (χ4n) is 1.58. The molecule has 0 saturated heterocycles. The number of nitriles is 1. The summed E-state index contributed by atoms with van der Waals surface area (Å²) in [4.78, 5) is 4.14. The van der Waals surface area contributed by atoms with Crippen LogP contribution in [0.4, 0.5) is 0 Å². The molecule has 0 spiro atoms. The smallest absolute Gasteiger partial charge is 0.110 e. The van der Waals surface area contributed by atoms with Gasteiger partial charge >= 0.3 is 0 Å². The van der Waals surface area contributed by atoms with Gasteiger partial charge in [0.25, 0.3) is 0 Å². The van der Waals surface area contributed by atoms with Gasteiger partial charge in [-0.3, -0.25) is 0 Å². The third-order valence-corrected chi connectivity index (χ3v) is 2.36. The Morgan fingerprint density at radius 1 is 1.33 bits per heavy atom. The number of hydrogen-bond acceptors (Lipinski definition) is 2. The second-order valence-electron chi connectivity index (χ2n) is 3.48. The quantitative estimate of drug-likeness (QED) is 0.704. The van der Waals surface area contributed by atoms with E-state index < -0.39 is 0 Å². The van der Waals surface area contributed by atoms with E-state index in [1.165, 1.54) is 0 Å². The zero-order chi connectivity index (χ0) is 10.8. The van der Waals surface area contributed by atoms with Crippen molar-refractivity contribution in [3.63, 3.8) is 0 Å². The van der Waals surface area contributed by atoms with Crippen LogP contribution in [0.5, 0.6) is 0 Å². The van der Waals surface area contributed by atoms with Crippen molar-refractivity contribution in [3.8, 4) is 11.8 Å². The van der Waals surface area contributed by atoms with Crippen molar-refractivity contribution in [1.82, 2.24) is 9.55 Å². The monoisotopic (exact) mass is 197 g/mol. The van der Waals surface area contributed by atoms with Crippen LogP contribution in [-0.2, 0) is 0 Å². The molecule has 0 atom stereocenters. The summed E-state index contributed by atoms with van der Waals surface area (Å²) in [7, 11) is 0. The maximum absolute atomic E-state index is 9.05. The number of aryl methyl sites for hydroxylation is 2. The highest BCUT2D eigenvalue weighted by Gasteiger charge is 2.06. The zero-order valence-corrected chi connectivity index (χ0v) is 8.73. The molecule has 0 saturated carbocycles. The Bertz CT molecular complexity index is 532. The normalized spacial score (nSPS) is 9.93. The Morgan fingerprint density at radius 3 is 2.73 bits per heavy atom. The average Bonchev–Trinajstić information content (AvgIpc) is 2.64. The maximum atomic E-state index is 9.05. The van der Waals surface area contributed by atoms with Crippen molar-refractivity contribution in [2.75, 3.05) is 0 Å². The Morgan fingerprint density at radius 2 is 2.13 bits per heavy atom. The van der Waals surface area contributed by atoms with Gasteiger partial charge in [-0.15, -0.1) is 0 Å². The van der Waals surface area contributed by atoms with E-state index in [1.807, 2.05) is 42.8 Å². The van der Waals surface area contributed by atoms with Gasteiger partial charge in [0.05, 0.1) is 11.3 Å². The Hall–Kier alpha value is -2.08. The molecule has 1 aromatic heterocycles. The molecule has 0 N–H and O–H groups in total. The summed E-state index contributed by atoms with van der Waals surface area (Å²) in [6.07, 6.45) is 3.59. The van der Waals surface area contributed by atoms with E-state index >= 15 is 0 Å². The minimum absolute atomic E-state index is 0.677. The van der Waals surface area contributed by atoms with Gasteiger partial charge in [-0.1, -0.05) is 6.07 Å². The van der Waals surface area contributed by atoms with Crippen LogP contribution in [0.1, 0.15) is 17.0 Å². The van der Waals surface area contributed by atoms with Gasteiger partial charge < -0.3 is 4.57 Å². The van der Waals surface area contributed by atoms with Crippen LogP contribution in [0.25, 0.3) is 5.69 Å². The molecule has 0 radical (unpaired) electrons. The average molecular weight is 197 g/mol. The number of nitrogens with zero attached hydrogens (tertiary/aromatic N) is 3. The predicted octanol–water partition coefficient (Wildman–Crippen LogP) is 2.36. The van der Waals surface area contributed by atoms with Gasteiger partial charge in [0.1, 0.15) is 11.9 Å². The number of imidazole rings is 1. The van der Waals surface area contributed by atoms with Gasteiger partial charge in [0.2, 0.25) is 0 Å². The van der Waals surface area contributed by atoms with Crippen molar-refractivity contribution >= 4 is 0 Å². The van der Waals surface area contributed by atoms with Crippen molar-refractivity contribution in [3.05, 3.63) is 47.5 Å². The lowest BCUT2D eigenvalue weighted by Gasteiger charge is -2.07. The van der Waals surface area contributed by atoms with Crippen LogP contribution in [0.15, 0.2) is 30.6 Å². The molecule has 1 aromatic carbocycles. The van der Waals surface area contributed by atoms with Crippen LogP contribution in [-0.4, -0.2) is 9.55 Å². The SMILES string of the molecule is Cc1ccc(-n2ccnc2C)c(C#N)c1. The lowest BCUT2D eigenvalue weighted by Crippen LogP contribution is -1.98. The van der Waals surface area contributed by atoms with Crippen molar-refractivity contribution in [2.24, 2.45) is 0 Å². The van der Waals surface area contributed by atoms with E-state index in [0.717, 1.165) is 17.1 Å². The van der Waals surface area contributed by atoms with E-state index in [2.05, 4.69) is 11.1 Å². The van der Waals surface area contributed by atoms with Crippen LogP contribution in [0.3, 0.4) is 0 Å². The Labute approximate surface area is 88.6 Å². The Balaban J connectivity index is 2.64. The van der Waals surface area contributed by atoms with Crippen molar-refractivity contribution in [1.29, 1.82) is 5.26 Å². The summed E-state index contributed by atoms with van der Waals surface area (Å²) < 4.78 is 1.91. The Kier molecular flexibility index (Phi) is 2.26. The molecule has 74 valence electrons. The predicted molar refractivity (Wildman–Crippen MR) is 57.8 cm³/mol. The fraction of sp³-hybridized carbons (Fsp3) is 0.167. The molecule has 2 rings (SSSR count). The van der Waals surface area contributed by atoms with E-state index in [1.54, 1.807) is 6.20 Å². The molecule has 15 heavy (non-hydrogen) atoms. The van der Waals surface area contributed by atoms with Crippen LogP contribution in [0.2, 0.25) is 0 Å². The number of aromatic nitrogens is 2. The van der Waals surface area contributed by atoms with Gasteiger partial charge in [0.15, 0.2) is 0 Å². The van der Waals surface area contributed by atoms with Crippen molar-refractivity contribution in [2.45, 2.75) is 13.8 Å². The topological polar surface area (TPSA) is 41.6 Å². The van der Waals surface area contributed by atoms with Crippen LogP contribution in [0, 0.1) is 25.2 Å². The lowest BCUT2D eigenvalue weighted by atomic mass is 10.1. The molecule has 0 unspecified atom stereocenters. The minimum atomic E-state index is 0.677. The summed E-state index contributed by atoms with van der Waals surface area (Å²) in [5.74, 6) is 0.885. The second-order valence-corrected chi connectivity index (χ2v) is 3.48. The first-order chi connectivity index (χ1) is 7.22. The fourth-order valence-corrected chi connectivity index (χ4v) is 1.58. The molecule has 0 amide bonds. The van der Waals surface area contributed by atoms with Crippen LogP contribution >= 0.6 is 0 Å². The molecule has 3 heteroatoms. The number of rotatable bonds is 1. The molecule has 1 heterocycles. The maximum Gasteiger partial charge on any atom is 0.110 e. The third kappa shape index (κ3) is 1.62. The molecule has 0 fully saturated rings. The zero-order valence-electron chi connectivity index (χ0n) is 8.73. The molecular formula is C12H11N3. The molecular weight excluding hydrogens is 186 g/mol. The van der Waals surface area contributed by atoms with Gasteiger partial charge in [0, 0.05) is 12.4 Å². The van der Waals surface area contributed by atoms with Gasteiger partial charge in [-0.05, 0) is 31.5 Å². The first-order valence-corrected chi connectivity index (χ1v) is 4.73. The lowest BCUT2D eigenvalue weighted by molar-refractivity contribution is 0.969. The highest BCUT2D eigenvalue weighted by Crippen LogP contribution is 2.16. The van der Waals surface area contributed by atoms with E-state index in [4.69, 9.17) is 5.26 Å². The summed E-state index contributed by atoms with van der Waals surface area (Å²) in [6, 6.07) is 8.03. The molecule has 2 aromatic rings. The van der Waals surface area contributed by atoms with E-state index in [-0.39, 0.29) is 0 Å². The highest BCUT2D eigenvalue weighted by atomic mass is 15.1. The van der Waals surface area contributed by atoms with Crippen LogP contribution < -0.4 is 0 Å². The summed E-state index contributed by atoms with van der Waals surface area (Å²) in [5, 5.41) is 9.05. The molecule has 0 aliphatic rings. The number of benzene rings is 1. The number of hydrogen-bond donors (Lipinski definition) is 0. The summed E-state index contributed by atoms with van der Waals surface area (Å²) >= 11 is 0. The van der Waals surface area contributed by atoms with Gasteiger partial charge in [-0.25, -0.2) is 4.98 Å².